The van der Waals surface area contributed by atoms with Gasteiger partial charge in [-0.05, 0) is 12.1 Å². The third kappa shape index (κ3) is 2.69. The van der Waals surface area contributed by atoms with Crippen LogP contribution in [0.15, 0.2) is 30.3 Å². The SMILES string of the molecule is COc1cccc2c1C(=O)c1c(OC)cc(NC(=O)C(F)F)cc1C2=O. The number of rotatable bonds is 4. The summed E-state index contributed by atoms with van der Waals surface area (Å²) in [5.41, 5.74) is 0.110. The van der Waals surface area contributed by atoms with Gasteiger partial charge in [0.15, 0.2) is 5.78 Å². The van der Waals surface area contributed by atoms with Gasteiger partial charge in [-0.3, -0.25) is 14.4 Å². The van der Waals surface area contributed by atoms with Crippen molar-refractivity contribution in [1.82, 2.24) is 0 Å². The average molecular weight is 361 g/mol. The van der Waals surface area contributed by atoms with E-state index in [1.54, 1.807) is 12.1 Å². The number of alkyl halides is 2. The molecule has 0 atom stereocenters. The van der Waals surface area contributed by atoms with Crippen LogP contribution in [0.25, 0.3) is 0 Å². The third-order valence-corrected chi connectivity index (χ3v) is 3.98. The van der Waals surface area contributed by atoms with E-state index < -0.39 is 23.9 Å². The number of carbonyl (C=O) groups excluding carboxylic acids is 3. The fourth-order valence-electron chi connectivity index (χ4n) is 2.85. The van der Waals surface area contributed by atoms with Crippen molar-refractivity contribution < 1.29 is 32.6 Å². The highest BCUT2D eigenvalue weighted by atomic mass is 19.3. The lowest BCUT2D eigenvalue weighted by Gasteiger charge is -2.22. The molecule has 0 saturated heterocycles. The second-order valence-electron chi connectivity index (χ2n) is 5.43. The topological polar surface area (TPSA) is 81.7 Å². The van der Waals surface area contributed by atoms with Gasteiger partial charge in [0.05, 0.1) is 25.3 Å². The number of hydrogen-bond acceptors (Lipinski definition) is 5. The van der Waals surface area contributed by atoms with Crippen LogP contribution in [0.5, 0.6) is 11.5 Å². The monoisotopic (exact) mass is 361 g/mol. The zero-order valence-corrected chi connectivity index (χ0v) is 13.8. The Morgan fingerprint density at radius 1 is 0.962 bits per heavy atom. The minimum atomic E-state index is -3.22. The van der Waals surface area contributed by atoms with Crippen LogP contribution in [0.2, 0.25) is 0 Å². The van der Waals surface area contributed by atoms with Crippen LogP contribution in [-0.2, 0) is 4.79 Å². The summed E-state index contributed by atoms with van der Waals surface area (Å²) in [6.45, 7) is 0. The van der Waals surface area contributed by atoms with Gasteiger partial charge >= 0.3 is 6.43 Å². The van der Waals surface area contributed by atoms with Crippen molar-refractivity contribution in [3.63, 3.8) is 0 Å². The molecular weight excluding hydrogens is 348 g/mol. The summed E-state index contributed by atoms with van der Waals surface area (Å²) >= 11 is 0. The molecule has 0 heterocycles. The summed E-state index contributed by atoms with van der Waals surface area (Å²) in [6.07, 6.45) is -3.22. The first kappa shape index (κ1) is 17.5. The van der Waals surface area contributed by atoms with Crippen molar-refractivity contribution in [2.75, 3.05) is 19.5 Å². The van der Waals surface area contributed by atoms with Crippen molar-refractivity contribution in [2.45, 2.75) is 6.43 Å². The summed E-state index contributed by atoms with van der Waals surface area (Å²) in [6, 6.07) is 6.98. The molecule has 0 saturated carbocycles. The predicted molar refractivity (Wildman–Crippen MR) is 87.5 cm³/mol. The maximum absolute atomic E-state index is 12.9. The first-order chi connectivity index (χ1) is 12.4. The molecule has 3 rings (SSSR count). The van der Waals surface area contributed by atoms with E-state index in [4.69, 9.17) is 9.47 Å². The highest BCUT2D eigenvalue weighted by Gasteiger charge is 2.35. The van der Waals surface area contributed by atoms with Gasteiger partial charge in [-0.25, -0.2) is 0 Å². The molecule has 0 spiro atoms. The quantitative estimate of drug-likeness (QED) is 0.773. The Hall–Kier alpha value is -3.29. The van der Waals surface area contributed by atoms with Crippen molar-refractivity contribution in [3.05, 3.63) is 52.6 Å². The fourth-order valence-corrected chi connectivity index (χ4v) is 2.85. The van der Waals surface area contributed by atoms with E-state index in [0.29, 0.717) is 0 Å². The first-order valence-corrected chi connectivity index (χ1v) is 7.46. The molecule has 0 aromatic heterocycles. The van der Waals surface area contributed by atoms with E-state index in [1.165, 1.54) is 32.4 Å². The van der Waals surface area contributed by atoms with Crippen molar-refractivity contribution in [2.24, 2.45) is 0 Å². The van der Waals surface area contributed by atoms with Crippen molar-refractivity contribution in [1.29, 1.82) is 0 Å². The summed E-state index contributed by atoms with van der Waals surface area (Å²) in [7, 11) is 2.65. The number of nitrogens with one attached hydrogen (secondary N) is 1. The van der Waals surface area contributed by atoms with Gasteiger partial charge in [0.25, 0.3) is 5.91 Å². The van der Waals surface area contributed by atoms with Crippen LogP contribution < -0.4 is 14.8 Å². The van der Waals surface area contributed by atoms with Crippen LogP contribution in [0.4, 0.5) is 14.5 Å². The lowest BCUT2D eigenvalue weighted by Crippen LogP contribution is -2.24. The number of ketones is 2. The van der Waals surface area contributed by atoms with E-state index in [2.05, 4.69) is 0 Å². The fraction of sp³-hybridized carbons (Fsp3) is 0.167. The molecule has 0 aliphatic heterocycles. The van der Waals surface area contributed by atoms with E-state index in [-0.39, 0.29) is 39.4 Å². The number of halogens is 2. The van der Waals surface area contributed by atoms with Gasteiger partial charge in [0.1, 0.15) is 11.5 Å². The Morgan fingerprint density at radius 3 is 2.23 bits per heavy atom. The van der Waals surface area contributed by atoms with Gasteiger partial charge in [0, 0.05) is 22.9 Å². The number of anilines is 1. The molecule has 6 nitrogen and oxygen atoms in total. The van der Waals surface area contributed by atoms with Gasteiger partial charge in [0.2, 0.25) is 5.78 Å². The molecule has 2 aromatic carbocycles. The number of methoxy groups -OCH3 is 2. The van der Waals surface area contributed by atoms with Crippen LogP contribution in [0.1, 0.15) is 31.8 Å². The van der Waals surface area contributed by atoms with E-state index in [1.807, 2.05) is 5.32 Å². The van der Waals surface area contributed by atoms with Crippen LogP contribution in [0, 0.1) is 0 Å². The lowest BCUT2D eigenvalue weighted by atomic mass is 9.82. The van der Waals surface area contributed by atoms with E-state index in [0.717, 1.165) is 0 Å². The number of benzene rings is 2. The normalized spacial score (nSPS) is 12.5. The van der Waals surface area contributed by atoms with Crippen LogP contribution >= 0.6 is 0 Å². The molecule has 0 fully saturated rings. The highest BCUT2D eigenvalue weighted by Crippen LogP contribution is 2.38. The Kier molecular flexibility index (Phi) is 4.41. The standard InChI is InChI=1S/C18H13F2NO5/c1-25-11-5-3-4-9-13(11)16(23)14-10(15(9)22)6-8(7-12(14)26-2)21-18(24)17(19)20/h3-7,17H,1-2H3,(H,21,24). The van der Waals surface area contributed by atoms with Crippen LogP contribution in [-0.4, -0.2) is 38.1 Å². The lowest BCUT2D eigenvalue weighted by molar-refractivity contribution is -0.126. The van der Waals surface area contributed by atoms with Crippen LogP contribution in [0.3, 0.4) is 0 Å². The average Bonchev–Trinajstić information content (AvgIpc) is 2.64. The molecule has 134 valence electrons. The second kappa shape index (κ2) is 6.55. The zero-order valence-electron chi connectivity index (χ0n) is 13.8. The minimum Gasteiger partial charge on any atom is -0.496 e. The van der Waals surface area contributed by atoms with Gasteiger partial charge in [-0.15, -0.1) is 0 Å². The smallest absolute Gasteiger partial charge is 0.315 e. The molecular formula is C18H13F2NO5. The summed E-state index contributed by atoms with van der Waals surface area (Å²) in [5.74, 6) is -2.29. The van der Waals surface area contributed by atoms with E-state index in [9.17, 15) is 23.2 Å². The molecule has 2 aromatic rings. The number of fused-ring (bicyclic) bond motifs is 2. The molecule has 0 radical (unpaired) electrons. The number of ether oxygens (including phenoxy) is 2. The number of amides is 1. The Labute approximate surface area is 146 Å². The summed E-state index contributed by atoms with van der Waals surface area (Å²) < 4.78 is 35.3. The number of carbonyl (C=O) groups is 3. The molecule has 26 heavy (non-hydrogen) atoms. The molecule has 0 unspecified atom stereocenters. The molecule has 8 heteroatoms. The number of hydrogen-bond donors (Lipinski definition) is 1. The molecule has 1 aliphatic rings. The molecule has 0 bridgehead atoms. The first-order valence-electron chi connectivity index (χ1n) is 7.46. The summed E-state index contributed by atoms with van der Waals surface area (Å²) in [4.78, 5) is 37.0. The molecule has 1 N–H and O–H groups in total. The Balaban J connectivity index is 2.19. The maximum Gasteiger partial charge on any atom is 0.315 e. The van der Waals surface area contributed by atoms with E-state index >= 15 is 0 Å². The summed E-state index contributed by atoms with van der Waals surface area (Å²) in [5, 5.41) is 1.99. The van der Waals surface area contributed by atoms with Gasteiger partial charge in [-0.2, -0.15) is 8.78 Å². The second-order valence-corrected chi connectivity index (χ2v) is 5.43. The maximum atomic E-state index is 12.9. The molecule has 1 amide bonds. The van der Waals surface area contributed by atoms with Crippen molar-refractivity contribution >= 4 is 23.2 Å². The van der Waals surface area contributed by atoms with Gasteiger partial charge in [-0.1, -0.05) is 12.1 Å². The molecule has 1 aliphatic carbocycles. The van der Waals surface area contributed by atoms with Gasteiger partial charge < -0.3 is 14.8 Å². The van der Waals surface area contributed by atoms with Crippen molar-refractivity contribution in [3.8, 4) is 11.5 Å². The zero-order chi connectivity index (χ0) is 19.0. The third-order valence-electron chi connectivity index (χ3n) is 3.98. The Morgan fingerprint density at radius 2 is 1.62 bits per heavy atom. The predicted octanol–water partition coefficient (Wildman–Crippen LogP) is 2.68. The minimum absolute atomic E-state index is 0.00968. The Bertz CT molecular complexity index is 939. The largest absolute Gasteiger partial charge is 0.496 e. The highest BCUT2D eigenvalue weighted by molar-refractivity contribution is 6.30.